The van der Waals surface area contributed by atoms with Crippen molar-refractivity contribution in [3.63, 3.8) is 0 Å². The molecule has 0 saturated carbocycles. The minimum atomic E-state index is -0.358. The molecular weight excluding hydrogens is 276 g/mol. The van der Waals surface area contributed by atoms with Gasteiger partial charge in [0.2, 0.25) is 0 Å². The highest BCUT2D eigenvalue weighted by molar-refractivity contribution is 5.79. The largest absolute Gasteiger partial charge is 0.389 e. The highest BCUT2D eigenvalue weighted by Gasteiger charge is 2.06. The fraction of sp³-hybridized carbons (Fsp3) is 0.278. The van der Waals surface area contributed by atoms with Crippen LogP contribution < -0.4 is 0 Å². The molecule has 2 aromatic heterocycles. The molecule has 2 heterocycles. The summed E-state index contributed by atoms with van der Waals surface area (Å²) >= 11 is 0. The van der Waals surface area contributed by atoms with Crippen molar-refractivity contribution in [1.82, 2.24) is 9.97 Å². The summed E-state index contributed by atoms with van der Waals surface area (Å²) in [5.74, 6) is -0.0985. The molecule has 0 aliphatic carbocycles. The maximum absolute atomic E-state index is 11.1. The minimum Gasteiger partial charge on any atom is -0.389 e. The standard InChI is InChI=1S/C18H20N2O2/c21-14-15(22)8-2-1-3-9-16(17-10-4-6-12-19-17)18-11-5-7-13-20-18/h4-7,9-13,21H,1-3,8,14H2. The number of allylic oxidation sites excluding steroid dienone is 1. The maximum atomic E-state index is 11.1. The molecule has 0 fully saturated rings. The number of unbranched alkanes of at least 4 members (excludes halogenated alkanes) is 2. The van der Waals surface area contributed by atoms with Crippen LogP contribution in [0.3, 0.4) is 0 Å². The normalized spacial score (nSPS) is 10.2. The van der Waals surface area contributed by atoms with Crippen LogP contribution in [-0.4, -0.2) is 27.5 Å². The fourth-order valence-electron chi connectivity index (χ4n) is 2.18. The van der Waals surface area contributed by atoms with Crippen LogP contribution in [0, 0.1) is 0 Å². The molecule has 0 atom stereocenters. The molecule has 0 saturated heterocycles. The average Bonchev–Trinajstić information content (AvgIpc) is 2.59. The Hall–Kier alpha value is -2.33. The predicted octanol–water partition coefficient (Wildman–Crippen LogP) is 3.03. The van der Waals surface area contributed by atoms with Gasteiger partial charge in [0.05, 0.1) is 11.4 Å². The Kier molecular flexibility index (Phi) is 6.45. The Labute approximate surface area is 130 Å². The van der Waals surface area contributed by atoms with Crippen molar-refractivity contribution >= 4 is 11.4 Å². The molecule has 114 valence electrons. The van der Waals surface area contributed by atoms with E-state index in [9.17, 15) is 4.79 Å². The molecule has 0 aromatic carbocycles. The van der Waals surface area contributed by atoms with E-state index in [1.807, 2.05) is 36.4 Å². The molecule has 4 nitrogen and oxygen atoms in total. The Morgan fingerprint density at radius 2 is 1.64 bits per heavy atom. The van der Waals surface area contributed by atoms with Gasteiger partial charge in [0, 0.05) is 24.4 Å². The van der Waals surface area contributed by atoms with Crippen LogP contribution in [-0.2, 0) is 4.79 Å². The zero-order valence-corrected chi connectivity index (χ0v) is 12.5. The number of pyridine rings is 2. The highest BCUT2D eigenvalue weighted by atomic mass is 16.3. The molecule has 0 amide bonds. The van der Waals surface area contributed by atoms with E-state index in [0.29, 0.717) is 6.42 Å². The number of hydrogen-bond acceptors (Lipinski definition) is 4. The van der Waals surface area contributed by atoms with Gasteiger partial charge in [-0.1, -0.05) is 18.2 Å². The summed E-state index contributed by atoms with van der Waals surface area (Å²) in [6.07, 6.45) is 8.63. The van der Waals surface area contributed by atoms with E-state index >= 15 is 0 Å². The third kappa shape index (κ3) is 4.90. The van der Waals surface area contributed by atoms with E-state index in [1.54, 1.807) is 12.4 Å². The first kappa shape index (κ1) is 16.0. The second-order valence-electron chi connectivity index (χ2n) is 4.99. The predicted molar refractivity (Wildman–Crippen MR) is 86.1 cm³/mol. The number of aliphatic hydroxyl groups excluding tert-OH is 1. The van der Waals surface area contributed by atoms with Crippen LogP contribution in [0.5, 0.6) is 0 Å². The van der Waals surface area contributed by atoms with E-state index in [4.69, 9.17) is 5.11 Å². The summed E-state index contributed by atoms with van der Waals surface area (Å²) < 4.78 is 0. The molecular formula is C18H20N2O2. The van der Waals surface area contributed by atoms with Crippen molar-refractivity contribution in [2.45, 2.75) is 25.7 Å². The zero-order chi connectivity index (χ0) is 15.6. The van der Waals surface area contributed by atoms with Crippen molar-refractivity contribution in [2.24, 2.45) is 0 Å². The second-order valence-corrected chi connectivity index (χ2v) is 4.99. The first-order valence-electron chi connectivity index (χ1n) is 7.47. The van der Waals surface area contributed by atoms with Gasteiger partial charge in [-0.15, -0.1) is 0 Å². The summed E-state index contributed by atoms with van der Waals surface area (Å²) in [6.45, 7) is -0.358. The molecule has 0 unspecified atom stereocenters. The monoisotopic (exact) mass is 296 g/mol. The van der Waals surface area contributed by atoms with E-state index in [1.165, 1.54) is 0 Å². The first-order chi connectivity index (χ1) is 10.8. The number of ketones is 1. The highest BCUT2D eigenvalue weighted by Crippen LogP contribution is 2.20. The molecule has 22 heavy (non-hydrogen) atoms. The second kappa shape index (κ2) is 8.85. The number of aromatic nitrogens is 2. The van der Waals surface area contributed by atoms with E-state index in [2.05, 4.69) is 16.0 Å². The molecule has 0 radical (unpaired) electrons. The summed E-state index contributed by atoms with van der Waals surface area (Å²) in [7, 11) is 0. The molecule has 4 heteroatoms. The molecule has 0 bridgehead atoms. The van der Waals surface area contributed by atoms with Crippen LogP contribution >= 0.6 is 0 Å². The first-order valence-corrected chi connectivity index (χ1v) is 7.47. The minimum absolute atomic E-state index is 0.0985. The van der Waals surface area contributed by atoms with Crippen molar-refractivity contribution < 1.29 is 9.90 Å². The molecule has 0 spiro atoms. The zero-order valence-electron chi connectivity index (χ0n) is 12.5. The molecule has 0 aliphatic heterocycles. The number of nitrogens with zero attached hydrogens (tertiary/aromatic N) is 2. The van der Waals surface area contributed by atoms with E-state index in [-0.39, 0.29) is 12.4 Å². The maximum Gasteiger partial charge on any atom is 0.158 e. The number of rotatable bonds is 8. The molecule has 0 aliphatic rings. The van der Waals surface area contributed by atoms with Gasteiger partial charge in [-0.2, -0.15) is 0 Å². The number of aliphatic hydroxyl groups is 1. The lowest BCUT2D eigenvalue weighted by atomic mass is 10.0. The molecule has 2 aromatic rings. The van der Waals surface area contributed by atoms with Gasteiger partial charge >= 0.3 is 0 Å². The fourth-order valence-corrected chi connectivity index (χ4v) is 2.18. The van der Waals surface area contributed by atoms with Crippen LogP contribution in [0.1, 0.15) is 37.1 Å². The lowest BCUT2D eigenvalue weighted by Crippen LogP contribution is -2.02. The van der Waals surface area contributed by atoms with E-state index < -0.39 is 0 Å². The third-order valence-corrected chi connectivity index (χ3v) is 3.32. The molecule has 2 rings (SSSR count). The van der Waals surface area contributed by atoms with Crippen LogP contribution in [0.4, 0.5) is 0 Å². The third-order valence-electron chi connectivity index (χ3n) is 3.32. The van der Waals surface area contributed by atoms with Gasteiger partial charge in [0.1, 0.15) is 6.61 Å². The Balaban J connectivity index is 2.05. The smallest absolute Gasteiger partial charge is 0.158 e. The summed E-state index contributed by atoms with van der Waals surface area (Å²) in [6, 6.07) is 11.6. The Bertz CT molecular complexity index is 568. The van der Waals surface area contributed by atoms with E-state index in [0.717, 1.165) is 36.2 Å². The summed E-state index contributed by atoms with van der Waals surface area (Å²) in [5, 5.41) is 8.70. The van der Waals surface area contributed by atoms with Crippen molar-refractivity contribution in [2.75, 3.05) is 6.61 Å². The van der Waals surface area contributed by atoms with Crippen molar-refractivity contribution in [1.29, 1.82) is 0 Å². The van der Waals surface area contributed by atoms with Gasteiger partial charge < -0.3 is 5.11 Å². The Morgan fingerprint density at radius 3 is 2.14 bits per heavy atom. The van der Waals surface area contributed by atoms with Gasteiger partial charge in [-0.25, -0.2) is 0 Å². The number of Topliss-reactive ketones (excluding diaryl/α,β-unsaturated/α-hetero) is 1. The van der Waals surface area contributed by atoms with Crippen LogP contribution in [0.15, 0.2) is 54.9 Å². The summed E-state index contributed by atoms with van der Waals surface area (Å²) in [4.78, 5) is 19.9. The van der Waals surface area contributed by atoms with Gasteiger partial charge in [0.25, 0.3) is 0 Å². The average molecular weight is 296 g/mol. The van der Waals surface area contributed by atoms with Crippen LogP contribution in [0.2, 0.25) is 0 Å². The number of carbonyl (C=O) groups is 1. The van der Waals surface area contributed by atoms with Crippen molar-refractivity contribution in [3.05, 3.63) is 66.3 Å². The number of carbonyl (C=O) groups excluding carboxylic acids is 1. The van der Waals surface area contributed by atoms with Gasteiger partial charge in [0.15, 0.2) is 5.78 Å². The summed E-state index contributed by atoms with van der Waals surface area (Å²) in [5.41, 5.74) is 2.80. The SMILES string of the molecule is O=C(CO)CCCCC=C(c1ccccn1)c1ccccn1. The van der Waals surface area contributed by atoms with Gasteiger partial charge in [-0.3, -0.25) is 14.8 Å². The van der Waals surface area contributed by atoms with Crippen LogP contribution in [0.25, 0.3) is 5.57 Å². The topological polar surface area (TPSA) is 63.1 Å². The Morgan fingerprint density at radius 1 is 1.00 bits per heavy atom. The molecule has 1 N–H and O–H groups in total. The lowest BCUT2D eigenvalue weighted by molar-refractivity contribution is -0.121. The number of hydrogen-bond donors (Lipinski definition) is 1. The van der Waals surface area contributed by atoms with Crippen molar-refractivity contribution in [3.8, 4) is 0 Å². The quantitative estimate of drug-likeness (QED) is 0.761. The lowest BCUT2D eigenvalue weighted by Gasteiger charge is -2.06. The van der Waals surface area contributed by atoms with Gasteiger partial charge in [-0.05, 0) is 43.5 Å².